The second-order valence-corrected chi connectivity index (χ2v) is 6.55. The van der Waals surface area contributed by atoms with Crippen molar-refractivity contribution in [2.75, 3.05) is 7.11 Å². The van der Waals surface area contributed by atoms with Crippen molar-refractivity contribution in [2.45, 2.75) is 51.5 Å². The molecule has 0 saturated heterocycles. The lowest BCUT2D eigenvalue weighted by Crippen LogP contribution is -2.38. The van der Waals surface area contributed by atoms with Crippen molar-refractivity contribution in [1.29, 1.82) is 5.26 Å². The molecule has 128 valence electrons. The van der Waals surface area contributed by atoms with Crippen molar-refractivity contribution < 1.29 is 14.3 Å². The molecule has 24 heavy (non-hydrogen) atoms. The maximum absolute atomic E-state index is 12.5. The van der Waals surface area contributed by atoms with Crippen LogP contribution in [0.15, 0.2) is 18.2 Å². The molecular weight excluding hydrogens is 304 g/mol. The monoisotopic (exact) mass is 328 g/mol. The van der Waals surface area contributed by atoms with Crippen LogP contribution in [0.4, 0.5) is 0 Å². The molecule has 2 atom stereocenters. The van der Waals surface area contributed by atoms with Crippen LogP contribution in [0.3, 0.4) is 0 Å². The number of ketones is 1. The van der Waals surface area contributed by atoms with Crippen LogP contribution < -0.4 is 10.1 Å². The second kappa shape index (κ2) is 7.96. The van der Waals surface area contributed by atoms with Gasteiger partial charge in [0.2, 0.25) is 5.91 Å². The molecular formula is C19H24N2O3. The molecule has 0 bridgehead atoms. The normalized spacial score (nSPS) is 17.5. The zero-order chi connectivity index (χ0) is 17.7. The number of rotatable bonds is 6. The van der Waals surface area contributed by atoms with Crippen LogP contribution in [0.2, 0.25) is 0 Å². The molecule has 5 heteroatoms. The number of nitrogens with one attached hydrogen (secondary N) is 1. The molecule has 1 N–H and O–H groups in total. The minimum Gasteiger partial charge on any atom is -0.497 e. The van der Waals surface area contributed by atoms with Crippen molar-refractivity contribution in [3.05, 3.63) is 29.3 Å². The number of nitrogens with zero attached hydrogens (tertiary/aromatic N) is 1. The summed E-state index contributed by atoms with van der Waals surface area (Å²) < 4.78 is 5.26. The molecule has 0 aliphatic heterocycles. The Morgan fingerprint density at radius 3 is 2.79 bits per heavy atom. The van der Waals surface area contributed by atoms with E-state index in [4.69, 9.17) is 4.74 Å². The number of aryl methyl sites for hydroxylation is 1. The minimum absolute atomic E-state index is 0.0647. The lowest BCUT2D eigenvalue weighted by molar-refractivity contribution is -0.132. The number of ether oxygens (including phenoxy) is 1. The average molecular weight is 328 g/mol. The highest BCUT2D eigenvalue weighted by molar-refractivity contribution is 6.04. The molecule has 1 aliphatic carbocycles. The van der Waals surface area contributed by atoms with Gasteiger partial charge in [-0.1, -0.05) is 6.07 Å². The van der Waals surface area contributed by atoms with E-state index in [1.165, 1.54) is 5.56 Å². The Morgan fingerprint density at radius 1 is 1.42 bits per heavy atom. The Morgan fingerprint density at radius 2 is 2.17 bits per heavy atom. The third-order valence-corrected chi connectivity index (χ3v) is 4.38. The minimum atomic E-state index is -1.23. The summed E-state index contributed by atoms with van der Waals surface area (Å²) in [4.78, 5) is 24.5. The van der Waals surface area contributed by atoms with Crippen LogP contribution >= 0.6 is 0 Å². The van der Waals surface area contributed by atoms with Crippen molar-refractivity contribution in [2.24, 2.45) is 5.92 Å². The van der Waals surface area contributed by atoms with Crippen molar-refractivity contribution in [1.82, 2.24) is 5.32 Å². The number of hydrogen-bond acceptors (Lipinski definition) is 4. The van der Waals surface area contributed by atoms with E-state index in [0.717, 1.165) is 30.6 Å². The Balaban J connectivity index is 2.13. The lowest BCUT2D eigenvalue weighted by Gasteiger charge is -2.26. The molecule has 1 aliphatic rings. The van der Waals surface area contributed by atoms with E-state index in [9.17, 15) is 14.9 Å². The molecule has 0 heterocycles. The van der Waals surface area contributed by atoms with Gasteiger partial charge in [-0.3, -0.25) is 9.59 Å². The van der Waals surface area contributed by atoms with Gasteiger partial charge in [0.05, 0.1) is 13.2 Å². The van der Waals surface area contributed by atoms with Gasteiger partial charge >= 0.3 is 0 Å². The molecule has 1 amide bonds. The third-order valence-electron chi connectivity index (χ3n) is 4.38. The van der Waals surface area contributed by atoms with Gasteiger partial charge in [-0.05, 0) is 62.3 Å². The number of carbonyl (C=O) groups excluding carboxylic acids is 2. The summed E-state index contributed by atoms with van der Waals surface area (Å²) in [6.45, 7) is 3.61. The maximum Gasteiger partial charge on any atom is 0.245 e. The Kier molecular flexibility index (Phi) is 5.97. The van der Waals surface area contributed by atoms with Gasteiger partial charge < -0.3 is 10.1 Å². The Labute approximate surface area is 143 Å². The van der Waals surface area contributed by atoms with E-state index in [2.05, 4.69) is 5.32 Å². The van der Waals surface area contributed by atoms with Crippen LogP contribution in [0.1, 0.15) is 50.2 Å². The number of Topliss-reactive ketones (excluding diaryl/α,β-unsaturated/α-hetero) is 1. The SMILES string of the molecule is COc1ccc2c(c1)CCC[C@H]2CC(=O)[C@@H](C#N)C(=O)NC(C)C. The first-order chi connectivity index (χ1) is 11.5. The van der Waals surface area contributed by atoms with Gasteiger partial charge in [0.1, 0.15) is 5.75 Å². The summed E-state index contributed by atoms with van der Waals surface area (Å²) in [6.07, 6.45) is 3.08. The predicted molar refractivity (Wildman–Crippen MR) is 90.7 cm³/mol. The molecule has 1 aromatic carbocycles. The highest BCUT2D eigenvalue weighted by atomic mass is 16.5. The fourth-order valence-corrected chi connectivity index (χ4v) is 3.24. The van der Waals surface area contributed by atoms with Crippen LogP contribution in [-0.4, -0.2) is 24.8 Å². The molecule has 1 aromatic rings. The topological polar surface area (TPSA) is 79.2 Å². The summed E-state index contributed by atoms with van der Waals surface area (Å²) in [7, 11) is 1.64. The number of fused-ring (bicyclic) bond motifs is 1. The maximum atomic E-state index is 12.5. The van der Waals surface area contributed by atoms with Crippen molar-refractivity contribution in [3.8, 4) is 11.8 Å². The average Bonchev–Trinajstić information content (AvgIpc) is 2.54. The predicted octanol–water partition coefficient (Wildman–Crippen LogP) is 2.74. The van der Waals surface area contributed by atoms with E-state index in [1.54, 1.807) is 7.11 Å². The molecule has 0 aromatic heterocycles. The summed E-state index contributed by atoms with van der Waals surface area (Å²) in [6, 6.07) is 7.68. The fourth-order valence-electron chi connectivity index (χ4n) is 3.24. The first kappa shape index (κ1) is 18.0. The molecule has 0 unspecified atom stereocenters. The van der Waals surface area contributed by atoms with Gasteiger partial charge in [-0.15, -0.1) is 0 Å². The number of benzene rings is 1. The lowest BCUT2D eigenvalue weighted by atomic mass is 9.79. The van der Waals surface area contributed by atoms with E-state index >= 15 is 0 Å². The molecule has 0 fully saturated rings. The van der Waals surface area contributed by atoms with E-state index in [0.29, 0.717) is 0 Å². The van der Waals surface area contributed by atoms with Gasteiger partial charge in [0.15, 0.2) is 11.7 Å². The molecule has 2 rings (SSSR count). The largest absolute Gasteiger partial charge is 0.497 e. The number of carbonyl (C=O) groups is 2. The Hall–Kier alpha value is -2.35. The van der Waals surface area contributed by atoms with E-state index < -0.39 is 11.8 Å². The molecule has 0 spiro atoms. The van der Waals surface area contributed by atoms with Crippen LogP contribution in [-0.2, 0) is 16.0 Å². The first-order valence-corrected chi connectivity index (χ1v) is 8.35. The summed E-state index contributed by atoms with van der Waals surface area (Å²) in [5, 5.41) is 11.9. The molecule has 0 radical (unpaired) electrons. The number of amides is 1. The molecule has 5 nitrogen and oxygen atoms in total. The standard InChI is InChI=1S/C19H24N2O3/c1-12(2)21-19(23)17(11-20)18(22)10-14-6-4-5-13-9-15(24-3)7-8-16(13)14/h7-9,12,14,17H,4-6,10H2,1-3H3,(H,21,23)/t14-,17+/m0/s1. The number of nitriles is 1. The van der Waals surface area contributed by atoms with Crippen LogP contribution in [0, 0.1) is 17.2 Å². The zero-order valence-corrected chi connectivity index (χ0v) is 14.5. The highest BCUT2D eigenvalue weighted by Crippen LogP contribution is 2.36. The van der Waals surface area contributed by atoms with Gasteiger partial charge in [0.25, 0.3) is 0 Å². The summed E-state index contributed by atoms with van der Waals surface area (Å²) >= 11 is 0. The van der Waals surface area contributed by atoms with Crippen LogP contribution in [0.5, 0.6) is 5.75 Å². The summed E-state index contributed by atoms with van der Waals surface area (Å²) in [5.74, 6) is -1.15. The second-order valence-electron chi connectivity index (χ2n) is 6.55. The molecule has 0 saturated carbocycles. The highest BCUT2D eigenvalue weighted by Gasteiger charge is 2.31. The van der Waals surface area contributed by atoms with Gasteiger partial charge in [0, 0.05) is 12.5 Å². The number of hydrogen-bond donors (Lipinski definition) is 1. The van der Waals surface area contributed by atoms with Crippen LogP contribution in [0.25, 0.3) is 0 Å². The van der Waals surface area contributed by atoms with Gasteiger partial charge in [-0.2, -0.15) is 5.26 Å². The van der Waals surface area contributed by atoms with Crippen molar-refractivity contribution >= 4 is 11.7 Å². The number of methoxy groups -OCH3 is 1. The Bertz CT molecular complexity index is 661. The smallest absolute Gasteiger partial charge is 0.245 e. The summed E-state index contributed by atoms with van der Waals surface area (Å²) in [5.41, 5.74) is 2.33. The van der Waals surface area contributed by atoms with E-state index in [-0.39, 0.29) is 24.2 Å². The van der Waals surface area contributed by atoms with Gasteiger partial charge in [-0.25, -0.2) is 0 Å². The zero-order valence-electron chi connectivity index (χ0n) is 14.5. The van der Waals surface area contributed by atoms with E-state index in [1.807, 2.05) is 38.1 Å². The quantitative estimate of drug-likeness (QED) is 0.814. The first-order valence-electron chi connectivity index (χ1n) is 8.35. The fraction of sp³-hybridized carbons (Fsp3) is 0.526. The van der Waals surface area contributed by atoms with Crippen molar-refractivity contribution in [3.63, 3.8) is 0 Å². The third kappa shape index (κ3) is 4.14.